The van der Waals surface area contributed by atoms with Gasteiger partial charge in [-0.2, -0.15) is 0 Å². The van der Waals surface area contributed by atoms with Crippen LogP contribution in [0.1, 0.15) is 32.3 Å². The largest absolute Gasteiger partial charge is 0.354 e. The number of unbranched alkanes of at least 4 members (excludes halogenated alkanes) is 1. The number of hydrogen-bond acceptors (Lipinski definition) is 4. The number of halogens is 2. The van der Waals surface area contributed by atoms with Crippen LogP contribution in [-0.4, -0.2) is 44.3 Å². The maximum atomic E-state index is 14.5. The standard InChI is InChI=1S/C28H31ClFN3O4S/c1-3-4-18-31-28(35)21(2)32(19-22-10-8-9-13-26(22)30)27(34)20-33(24-16-14-23(29)15-17-24)38(36,37)25-11-6-5-7-12-25/h5-17,21H,3-4,18-20H2,1-2H3,(H,31,35). The predicted molar refractivity (Wildman–Crippen MR) is 147 cm³/mol. The van der Waals surface area contributed by atoms with E-state index in [4.69, 9.17) is 11.6 Å². The monoisotopic (exact) mass is 559 g/mol. The lowest BCUT2D eigenvalue weighted by atomic mass is 10.1. The van der Waals surface area contributed by atoms with Crippen molar-refractivity contribution in [3.05, 3.63) is 95.3 Å². The fourth-order valence-corrected chi connectivity index (χ4v) is 5.35. The van der Waals surface area contributed by atoms with Gasteiger partial charge in [-0.15, -0.1) is 0 Å². The molecule has 0 heterocycles. The van der Waals surface area contributed by atoms with Crippen molar-refractivity contribution in [2.75, 3.05) is 17.4 Å². The molecule has 0 fully saturated rings. The molecule has 0 bridgehead atoms. The molecule has 0 radical (unpaired) electrons. The molecular formula is C28H31ClFN3O4S. The van der Waals surface area contributed by atoms with Crippen molar-refractivity contribution in [3.63, 3.8) is 0 Å². The second-order valence-corrected chi connectivity index (χ2v) is 11.0. The molecular weight excluding hydrogens is 529 g/mol. The van der Waals surface area contributed by atoms with E-state index in [0.29, 0.717) is 11.6 Å². The van der Waals surface area contributed by atoms with E-state index in [0.717, 1.165) is 17.1 Å². The molecule has 0 aliphatic heterocycles. The summed E-state index contributed by atoms with van der Waals surface area (Å²) in [6, 6.07) is 18.7. The Labute approximate surface area is 228 Å². The Morgan fingerprint density at radius 2 is 1.61 bits per heavy atom. The van der Waals surface area contributed by atoms with E-state index < -0.39 is 40.2 Å². The summed E-state index contributed by atoms with van der Waals surface area (Å²) in [5.41, 5.74) is 0.426. The molecule has 1 atom stereocenters. The number of carbonyl (C=O) groups is 2. The Kier molecular flexibility index (Phi) is 10.3. The van der Waals surface area contributed by atoms with E-state index in [1.165, 1.54) is 59.5 Å². The van der Waals surface area contributed by atoms with Gasteiger partial charge in [-0.05, 0) is 55.8 Å². The second-order valence-electron chi connectivity index (χ2n) is 8.73. The van der Waals surface area contributed by atoms with E-state index >= 15 is 0 Å². The Morgan fingerprint density at radius 1 is 0.974 bits per heavy atom. The van der Waals surface area contributed by atoms with Gasteiger partial charge >= 0.3 is 0 Å². The number of hydrogen-bond donors (Lipinski definition) is 1. The van der Waals surface area contributed by atoms with Gasteiger partial charge in [0.25, 0.3) is 10.0 Å². The van der Waals surface area contributed by atoms with Crippen LogP contribution >= 0.6 is 11.6 Å². The van der Waals surface area contributed by atoms with Gasteiger partial charge < -0.3 is 10.2 Å². The van der Waals surface area contributed by atoms with E-state index in [1.807, 2.05) is 6.92 Å². The zero-order chi connectivity index (χ0) is 27.7. The van der Waals surface area contributed by atoms with Crippen molar-refractivity contribution in [1.29, 1.82) is 0 Å². The van der Waals surface area contributed by atoms with Crippen LogP contribution in [0.3, 0.4) is 0 Å². The van der Waals surface area contributed by atoms with Crippen LogP contribution in [0.15, 0.2) is 83.8 Å². The molecule has 10 heteroatoms. The Balaban J connectivity index is 1.99. The number of amides is 2. The zero-order valence-corrected chi connectivity index (χ0v) is 22.9. The molecule has 0 saturated carbocycles. The molecule has 7 nitrogen and oxygen atoms in total. The van der Waals surface area contributed by atoms with Gasteiger partial charge in [0.15, 0.2) is 0 Å². The summed E-state index contributed by atoms with van der Waals surface area (Å²) in [5, 5.41) is 3.19. The van der Waals surface area contributed by atoms with Crippen LogP contribution < -0.4 is 9.62 Å². The second kappa shape index (κ2) is 13.4. The fraction of sp³-hybridized carbons (Fsp3) is 0.286. The first-order valence-electron chi connectivity index (χ1n) is 12.3. The van der Waals surface area contributed by atoms with Crippen molar-refractivity contribution < 1.29 is 22.4 Å². The summed E-state index contributed by atoms with van der Waals surface area (Å²) in [4.78, 5) is 27.9. The van der Waals surface area contributed by atoms with Gasteiger partial charge in [-0.25, -0.2) is 12.8 Å². The molecule has 0 aromatic heterocycles. The number of nitrogens with one attached hydrogen (secondary N) is 1. The van der Waals surface area contributed by atoms with Crippen molar-refractivity contribution in [2.24, 2.45) is 0 Å². The van der Waals surface area contributed by atoms with Gasteiger partial charge in [0.2, 0.25) is 11.8 Å². The number of carbonyl (C=O) groups excluding carboxylic acids is 2. The lowest BCUT2D eigenvalue weighted by molar-refractivity contribution is -0.139. The highest BCUT2D eigenvalue weighted by Gasteiger charge is 2.32. The minimum Gasteiger partial charge on any atom is -0.354 e. The number of nitrogens with zero attached hydrogens (tertiary/aromatic N) is 2. The van der Waals surface area contributed by atoms with Crippen LogP contribution in [0, 0.1) is 5.82 Å². The van der Waals surface area contributed by atoms with Crippen molar-refractivity contribution in [2.45, 2.75) is 44.2 Å². The minimum absolute atomic E-state index is 0.00578. The van der Waals surface area contributed by atoms with E-state index in [1.54, 1.807) is 31.2 Å². The predicted octanol–water partition coefficient (Wildman–Crippen LogP) is 5.01. The Hall–Kier alpha value is -3.43. The average molecular weight is 560 g/mol. The van der Waals surface area contributed by atoms with Crippen molar-refractivity contribution >= 4 is 39.1 Å². The summed E-state index contributed by atoms with van der Waals surface area (Å²) in [6.07, 6.45) is 1.64. The third-order valence-corrected chi connectivity index (χ3v) is 8.06. The maximum Gasteiger partial charge on any atom is 0.264 e. The zero-order valence-electron chi connectivity index (χ0n) is 21.3. The number of rotatable bonds is 12. The minimum atomic E-state index is -4.17. The van der Waals surface area contributed by atoms with Gasteiger partial charge in [-0.1, -0.05) is 61.3 Å². The van der Waals surface area contributed by atoms with Gasteiger partial charge in [0.1, 0.15) is 18.4 Å². The van der Waals surface area contributed by atoms with Gasteiger partial charge in [-0.3, -0.25) is 13.9 Å². The molecule has 3 rings (SSSR count). The highest BCUT2D eigenvalue weighted by atomic mass is 35.5. The molecule has 3 aromatic rings. The topological polar surface area (TPSA) is 86.8 Å². The van der Waals surface area contributed by atoms with Crippen molar-refractivity contribution in [1.82, 2.24) is 10.2 Å². The highest BCUT2D eigenvalue weighted by Crippen LogP contribution is 2.26. The Morgan fingerprint density at radius 3 is 2.24 bits per heavy atom. The molecule has 1 N–H and O–H groups in total. The van der Waals surface area contributed by atoms with Gasteiger partial charge in [0, 0.05) is 23.7 Å². The Bertz CT molecular complexity index is 1340. The fourth-order valence-electron chi connectivity index (χ4n) is 3.78. The third-order valence-electron chi connectivity index (χ3n) is 6.02. The quantitative estimate of drug-likeness (QED) is 0.316. The van der Waals surface area contributed by atoms with Gasteiger partial charge in [0.05, 0.1) is 10.6 Å². The summed E-state index contributed by atoms with van der Waals surface area (Å²) in [7, 11) is -4.17. The number of anilines is 1. The van der Waals surface area contributed by atoms with Crippen LogP contribution in [0.2, 0.25) is 5.02 Å². The summed E-state index contributed by atoms with van der Waals surface area (Å²) in [6.45, 7) is 3.13. The third kappa shape index (κ3) is 7.33. The van der Waals surface area contributed by atoms with Crippen LogP contribution in [0.4, 0.5) is 10.1 Å². The molecule has 2 amide bonds. The average Bonchev–Trinajstić information content (AvgIpc) is 2.92. The van der Waals surface area contributed by atoms with Crippen LogP contribution in [0.5, 0.6) is 0 Å². The molecule has 0 spiro atoms. The lowest BCUT2D eigenvalue weighted by Gasteiger charge is -2.32. The summed E-state index contributed by atoms with van der Waals surface area (Å²) < 4.78 is 42.8. The first kappa shape index (κ1) is 29.1. The van der Waals surface area contributed by atoms with E-state index in [2.05, 4.69) is 5.32 Å². The van der Waals surface area contributed by atoms with Crippen LogP contribution in [-0.2, 0) is 26.2 Å². The van der Waals surface area contributed by atoms with E-state index in [-0.39, 0.29) is 22.7 Å². The SMILES string of the molecule is CCCCNC(=O)C(C)N(Cc1ccccc1F)C(=O)CN(c1ccc(Cl)cc1)S(=O)(=O)c1ccccc1. The summed E-state index contributed by atoms with van der Waals surface area (Å²) in [5.74, 6) is -1.61. The smallest absolute Gasteiger partial charge is 0.264 e. The first-order chi connectivity index (χ1) is 18.1. The molecule has 38 heavy (non-hydrogen) atoms. The first-order valence-corrected chi connectivity index (χ1v) is 14.1. The van der Waals surface area contributed by atoms with E-state index in [9.17, 15) is 22.4 Å². The molecule has 202 valence electrons. The number of sulfonamides is 1. The molecule has 0 aliphatic rings. The molecule has 3 aromatic carbocycles. The lowest BCUT2D eigenvalue weighted by Crippen LogP contribution is -2.51. The molecule has 0 aliphatic carbocycles. The molecule has 0 saturated heterocycles. The number of benzene rings is 3. The molecule has 1 unspecified atom stereocenters. The summed E-state index contributed by atoms with van der Waals surface area (Å²) >= 11 is 6.01. The highest BCUT2D eigenvalue weighted by molar-refractivity contribution is 7.92. The van der Waals surface area contributed by atoms with Crippen LogP contribution in [0.25, 0.3) is 0 Å². The van der Waals surface area contributed by atoms with Crippen molar-refractivity contribution in [3.8, 4) is 0 Å². The normalized spacial score (nSPS) is 12.0. The maximum absolute atomic E-state index is 14.5.